The van der Waals surface area contributed by atoms with E-state index in [1.165, 1.54) is 0 Å². The number of aryl methyl sites for hydroxylation is 1. The summed E-state index contributed by atoms with van der Waals surface area (Å²) >= 11 is 0. The second kappa shape index (κ2) is 5.57. The highest BCUT2D eigenvalue weighted by molar-refractivity contribution is 6.11. The molecule has 4 heteroatoms. The molecule has 0 radical (unpaired) electrons. The number of ketones is 1. The zero-order chi connectivity index (χ0) is 16.7. The number of nitrogens with zero attached hydrogens (tertiary/aromatic N) is 1. The molecule has 2 heterocycles. The van der Waals surface area contributed by atoms with Crippen LogP contribution >= 0.6 is 0 Å². The summed E-state index contributed by atoms with van der Waals surface area (Å²) in [6.45, 7) is 2.78. The lowest BCUT2D eigenvalue weighted by Gasteiger charge is -2.06. The van der Waals surface area contributed by atoms with Crippen LogP contribution < -0.4 is 4.74 Å². The van der Waals surface area contributed by atoms with Crippen LogP contribution in [0.15, 0.2) is 54.6 Å². The number of ether oxygens (including phenoxy) is 1. The predicted molar refractivity (Wildman–Crippen MR) is 95.9 cm³/mol. The van der Waals surface area contributed by atoms with Crippen LogP contribution in [0.5, 0.6) is 5.75 Å². The smallest absolute Gasteiger partial charge is 0.225 e. The van der Waals surface area contributed by atoms with E-state index in [4.69, 9.17) is 4.74 Å². The van der Waals surface area contributed by atoms with Gasteiger partial charge in [-0.2, -0.15) is 0 Å². The Balaban J connectivity index is 1.86. The first-order valence-electron chi connectivity index (χ1n) is 8.01. The van der Waals surface area contributed by atoms with Crippen molar-refractivity contribution in [1.29, 1.82) is 0 Å². The SMILES string of the molecule is CCn1c(C(=O)c2cc3ccccc3[nH]2)cc2cc(OC)ccc21. The summed E-state index contributed by atoms with van der Waals surface area (Å²) in [4.78, 5) is 16.3. The lowest BCUT2D eigenvalue weighted by atomic mass is 10.2. The minimum absolute atomic E-state index is 0.00298. The van der Waals surface area contributed by atoms with Crippen molar-refractivity contribution in [1.82, 2.24) is 9.55 Å². The van der Waals surface area contributed by atoms with Crippen molar-refractivity contribution >= 4 is 27.6 Å². The Morgan fingerprint density at radius 1 is 1.08 bits per heavy atom. The first-order chi connectivity index (χ1) is 11.7. The Hall–Kier alpha value is -3.01. The quantitative estimate of drug-likeness (QED) is 0.568. The average Bonchev–Trinajstić information content (AvgIpc) is 3.21. The van der Waals surface area contributed by atoms with E-state index in [1.54, 1.807) is 7.11 Å². The third-order valence-electron chi connectivity index (χ3n) is 4.43. The molecule has 0 amide bonds. The van der Waals surface area contributed by atoms with Gasteiger partial charge in [0.15, 0.2) is 0 Å². The van der Waals surface area contributed by atoms with Gasteiger partial charge in [-0.1, -0.05) is 18.2 Å². The van der Waals surface area contributed by atoms with Crippen LogP contribution in [0.25, 0.3) is 21.8 Å². The Labute approximate surface area is 139 Å². The summed E-state index contributed by atoms with van der Waals surface area (Å²) in [7, 11) is 1.65. The predicted octanol–water partition coefficient (Wildman–Crippen LogP) is 4.38. The largest absolute Gasteiger partial charge is 0.497 e. The van der Waals surface area contributed by atoms with E-state index in [0.29, 0.717) is 11.4 Å². The molecule has 0 saturated carbocycles. The van der Waals surface area contributed by atoms with Crippen molar-refractivity contribution in [3.8, 4) is 5.75 Å². The number of hydrogen-bond acceptors (Lipinski definition) is 2. The van der Waals surface area contributed by atoms with Crippen LogP contribution in [-0.2, 0) is 6.54 Å². The van der Waals surface area contributed by atoms with Gasteiger partial charge in [-0.15, -0.1) is 0 Å². The first-order valence-corrected chi connectivity index (χ1v) is 8.01. The van der Waals surface area contributed by atoms with Crippen molar-refractivity contribution in [2.24, 2.45) is 0 Å². The third-order valence-corrected chi connectivity index (χ3v) is 4.43. The summed E-state index contributed by atoms with van der Waals surface area (Å²) < 4.78 is 7.33. The van der Waals surface area contributed by atoms with Gasteiger partial charge in [-0.05, 0) is 43.3 Å². The van der Waals surface area contributed by atoms with Gasteiger partial charge in [-0.25, -0.2) is 0 Å². The highest BCUT2D eigenvalue weighted by Crippen LogP contribution is 2.26. The fraction of sp³-hybridized carbons (Fsp3) is 0.150. The normalized spacial score (nSPS) is 11.2. The number of benzene rings is 2. The molecule has 0 unspecified atom stereocenters. The summed E-state index contributed by atoms with van der Waals surface area (Å²) in [5.41, 5.74) is 3.31. The molecule has 24 heavy (non-hydrogen) atoms. The van der Waals surface area contributed by atoms with E-state index in [2.05, 4.69) is 4.98 Å². The van der Waals surface area contributed by atoms with Crippen LogP contribution in [-0.4, -0.2) is 22.4 Å². The van der Waals surface area contributed by atoms with Gasteiger partial charge in [0, 0.05) is 28.4 Å². The van der Waals surface area contributed by atoms with E-state index in [0.717, 1.165) is 34.1 Å². The second-order valence-corrected chi connectivity index (χ2v) is 5.80. The number of carbonyl (C=O) groups excluding carboxylic acids is 1. The van der Waals surface area contributed by atoms with Gasteiger partial charge < -0.3 is 14.3 Å². The Morgan fingerprint density at radius 2 is 1.92 bits per heavy atom. The standard InChI is InChI=1S/C20H18N2O2/c1-3-22-18-9-8-15(24-2)10-14(18)12-19(22)20(23)17-11-13-6-4-5-7-16(13)21-17/h4-12,21H,3H2,1-2H3. The van der Waals surface area contributed by atoms with E-state index < -0.39 is 0 Å². The molecule has 2 aromatic heterocycles. The average molecular weight is 318 g/mol. The fourth-order valence-electron chi connectivity index (χ4n) is 3.24. The summed E-state index contributed by atoms with van der Waals surface area (Å²) in [6.07, 6.45) is 0. The van der Waals surface area contributed by atoms with Crippen LogP contribution in [0.3, 0.4) is 0 Å². The van der Waals surface area contributed by atoms with Gasteiger partial charge in [0.2, 0.25) is 5.78 Å². The van der Waals surface area contributed by atoms with Gasteiger partial charge in [0.25, 0.3) is 0 Å². The number of carbonyl (C=O) groups is 1. The molecule has 120 valence electrons. The first kappa shape index (κ1) is 14.6. The van der Waals surface area contributed by atoms with Crippen LogP contribution in [0, 0.1) is 0 Å². The molecule has 0 bridgehead atoms. The molecule has 0 aliphatic carbocycles. The van der Waals surface area contributed by atoms with Crippen molar-refractivity contribution in [2.45, 2.75) is 13.5 Å². The minimum Gasteiger partial charge on any atom is -0.497 e. The van der Waals surface area contributed by atoms with Crippen LogP contribution in [0.1, 0.15) is 23.1 Å². The lowest BCUT2D eigenvalue weighted by molar-refractivity contribution is 0.102. The maximum atomic E-state index is 13.0. The zero-order valence-corrected chi connectivity index (χ0v) is 13.7. The van der Waals surface area contributed by atoms with Gasteiger partial charge in [-0.3, -0.25) is 4.79 Å². The molecule has 0 aliphatic heterocycles. The number of aromatic nitrogens is 2. The zero-order valence-electron chi connectivity index (χ0n) is 13.7. The van der Waals surface area contributed by atoms with Crippen molar-refractivity contribution in [3.63, 3.8) is 0 Å². The Bertz CT molecular complexity index is 1020. The molecule has 0 fully saturated rings. The highest BCUT2D eigenvalue weighted by atomic mass is 16.5. The molecular weight excluding hydrogens is 300 g/mol. The molecule has 1 N–H and O–H groups in total. The molecule has 2 aromatic carbocycles. The molecule has 0 atom stereocenters. The summed E-state index contributed by atoms with van der Waals surface area (Å²) in [5.74, 6) is 0.795. The maximum Gasteiger partial charge on any atom is 0.225 e. The van der Waals surface area contributed by atoms with Crippen LogP contribution in [0.2, 0.25) is 0 Å². The minimum atomic E-state index is 0.00298. The number of nitrogens with one attached hydrogen (secondary N) is 1. The van der Waals surface area contributed by atoms with Gasteiger partial charge in [0.1, 0.15) is 5.75 Å². The van der Waals surface area contributed by atoms with E-state index >= 15 is 0 Å². The van der Waals surface area contributed by atoms with Crippen molar-refractivity contribution in [2.75, 3.05) is 7.11 Å². The number of aromatic amines is 1. The summed E-state index contributed by atoms with van der Waals surface area (Å²) in [6, 6.07) is 17.7. The molecular formula is C20H18N2O2. The van der Waals surface area contributed by atoms with E-state index in [1.807, 2.05) is 66.1 Å². The molecule has 4 aromatic rings. The monoisotopic (exact) mass is 318 g/mol. The van der Waals surface area contributed by atoms with Crippen molar-refractivity contribution in [3.05, 3.63) is 66.0 Å². The van der Waals surface area contributed by atoms with E-state index in [-0.39, 0.29) is 5.78 Å². The van der Waals surface area contributed by atoms with Gasteiger partial charge in [0.05, 0.1) is 18.5 Å². The van der Waals surface area contributed by atoms with Gasteiger partial charge >= 0.3 is 0 Å². The number of hydrogen-bond donors (Lipinski definition) is 1. The number of rotatable bonds is 4. The molecule has 0 saturated heterocycles. The third kappa shape index (κ3) is 2.19. The maximum absolute atomic E-state index is 13.0. The number of para-hydroxylation sites is 1. The number of methoxy groups -OCH3 is 1. The lowest BCUT2D eigenvalue weighted by Crippen LogP contribution is -2.09. The summed E-state index contributed by atoms with van der Waals surface area (Å²) in [5, 5.41) is 2.05. The second-order valence-electron chi connectivity index (χ2n) is 5.80. The molecule has 4 nitrogen and oxygen atoms in total. The fourth-order valence-corrected chi connectivity index (χ4v) is 3.24. The Morgan fingerprint density at radius 3 is 2.67 bits per heavy atom. The molecule has 0 aliphatic rings. The molecule has 4 rings (SSSR count). The molecule has 0 spiro atoms. The van der Waals surface area contributed by atoms with Crippen molar-refractivity contribution < 1.29 is 9.53 Å². The Kier molecular flexibility index (Phi) is 3.38. The van der Waals surface area contributed by atoms with E-state index in [9.17, 15) is 4.79 Å². The number of H-pyrrole nitrogens is 1. The topological polar surface area (TPSA) is 47.0 Å². The van der Waals surface area contributed by atoms with Crippen LogP contribution in [0.4, 0.5) is 0 Å². The number of fused-ring (bicyclic) bond motifs is 2. The highest BCUT2D eigenvalue weighted by Gasteiger charge is 2.18.